The number of alkyl halides is 1. The highest BCUT2D eigenvalue weighted by atomic mass is 19.1. The molecule has 2 aromatic rings. The average Bonchev–Trinajstić information content (AvgIpc) is 3.28. The fourth-order valence-electron chi connectivity index (χ4n) is 3.16. The largest absolute Gasteiger partial charge is 0.361 e. The van der Waals surface area contributed by atoms with Gasteiger partial charge in [0.25, 0.3) is 5.91 Å². The Balaban J connectivity index is 1.62. The third-order valence-corrected chi connectivity index (χ3v) is 4.58. The van der Waals surface area contributed by atoms with Crippen LogP contribution in [0, 0.1) is 25.2 Å². The smallest absolute Gasteiger partial charge is 0.252 e. The van der Waals surface area contributed by atoms with Crippen molar-refractivity contribution >= 4 is 5.91 Å². The maximum atomic E-state index is 13.9. The average molecular weight is 345 g/mol. The van der Waals surface area contributed by atoms with Crippen LogP contribution >= 0.6 is 0 Å². The van der Waals surface area contributed by atoms with Gasteiger partial charge in [-0.05, 0) is 26.3 Å². The molecule has 1 amide bonds. The van der Waals surface area contributed by atoms with Crippen molar-refractivity contribution in [3.05, 3.63) is 40.5 Å². The van der Waals surface area contributed by atoms with Gasteiger partial charge in [-0.25, -0.2) is 4.39 Å². The first-order valence-corrected chi connectivity index (χ1v) is 8.14. The van der Waals surface area contributed by atoms with E-state index in [2.05, 4.69) is 15.5 Å². The molecule has 2 atom stereocenters. The molecule has 8 heteroatoms. The number of carbonyl (C=O) groups excluding carboxylic acids is 1. The zero-order valence-corrected chi connectivity index (χ0v) is 14.2. The normalized spacial score (nSPS) is 20.6. The highest BCUT2D eigenvalue weighted by Gasteiger charge is 2.33. The number of nitriles is 1. The van der Waals surface area contributed by atoms with E-state index in [0.717, 1.165) is 17.0 Å². The highest BCUT2D eigenvalue weighted by Crippen LogP contribution is 2.24. The van der Waals surface area contributed by atoms with Crippen LogP contribution in [0.25, 0.3) is 0 Å². The van der Waals surface area contributed by atoms with E-state index >= 15 is 0 Å². The predicted octanol–water partition coefficient (Wildman–Crippen LogP) is 1.83. The molecule has 1 fully saturated rings. The predicted molar refractivity (Wildman–Crippen MR) is 87.5 cm³/mol. The van der Waals surface area contributed by atoms with Crippen molar-refractivity contribution in [1.82, 2.24) is 20.4 Å². The topological polar surface area (TPSA) is 97.9 Å². The van der Waals surface area contributed by atoms with Gasteiger partial charge in [-0.2, -0.15) is 5.26 Å². The summed E-state index contributed by atoms with van der Waals surface area (Å²) >= 11 is 0. The first-order chi connectivity index (χ1) is 12.0. The van der Waals surface area contributed by atoms with Crippen LogP contribution in [0.4, 0.5) is 4.39 Å². The van der Waals surface area contributed by atoms with Gasteiger partial charge in [0.15, 0.2) is 0 Å². The Hall–Kier alpha value is -2.66. The number of amides is 1. The van der Waals surface area contributed by atoms with Gasteiger partial charge in [-0.1, -0.05) is 5.16 Å². The molecule has 1 aliphatic rings. The zero-order valence-electron chi connectivity index (χ0n) is 14.2. The molecule has 3 rings (SSSR count). The summed E-state index contributed by atoms with van der Waals surface area (Å²) in [6, 6.07) is 3.33. The van der Waals surface area contributed by atoms with E-state index < -0.39 is 6.17 Å². The Morgan fingerprint density at radius 1 is 1.60 bits per heavy atom. The van der Waals surface area contributed by atoms with Gasteiger partial charge in [-0.3, -0.25) is 9.69 Å². The number of likely N-dealkylation sites (tertiary alicyclic amines) is 1. The highest BCUT2D eigenvalue weighted by molar-refractivity contribution is 5.94. The maximum Gasteiger partial charge on any atom is 0.252 e. The van der Waals surface area contributed by atoms with Crippen molar-refractivity contribution in [2.45, 2.75) is 39.0 Å². The van der Waals surface area contributed by atoms with Crippen LogP contribution in [0.5, 0.6) is 0 Å². The molecule has 1 saturated heterocycles. The number of aromatic nitrogens is 2. The number of H-pyrrole nitrogens is 1. The molecule has 0 unspecified atom stereocenters. The monoisotopic (exact) mass is 345 g/mol. The second kappa shape index (κ2) is 7.07. The molecule has 3 heterocycles. The van der Waals surface area contributed by atoms with Crippen molar-refractivity contribution in [2.75, 3.05) is 13.1 Å². The van der Waals surface area contributed by atoms with Crippen molar-refractivity contribution in [3.8, 4) is 6.07 Å². The molecule has 25 heavy (non-hydrogen) atoms. The van der Waals surface area contributed by atoms with Gasteiger partial charge >= 0.3 is 0 Å². The van der Waals surface area contributed by atoms with E-state index in [1.807, 2.05) is 24.8 Å². The minimum Gasteiger partial charge on any atom is -0.361 e. The molecule has 132 valence electrons. The number of aryl methyl sites for hydroxylation is 2. The number of hydrogen-bond donors (Lipinski definition) is 2. The van der Waals surface area contributed by atoms with Crippen LogP contribution in [0.2, 0.25) is 0 Å². The lowest BCUT2D eigenvalue weighted by Gasteiger charge is -2.24. The summed E-state index contributed by atoms with van der Waals surface area (Å²) in [5.41, 5.74) is 2.49. The first-order valence-electron chi connectivity index (χ1n) is 8.14. The van der Waals surface area contributed by atoms with Gasteiger partial charge in [-0.15, -0.1) is 0 Å². The molecule has 2 N–H and O–H groups in total. The van der Waals surface area contributed by atoms with Gasteiger partial charge in [0.05, 0.1) is 11.3 Å². The Kier molecular flexibility index (Phi) is 4.86. The summed E-state index contributed by atoms with van der Waals surface area (Å²) in [6.07, 6.45) is 0.947. The number of hydrogen-bond acceptors (Lipinski definition) is 5. The molecule has 0 bridgehead atoms. The van der Waals surface area contributed by atoms with Crippen LogP contribution in [-0.4, -0.2) is 46.3 Å². The number of rotatable bonds is 5. The van der Waals surface area contributed by atoms with Crippen molar-refractivity contribution < 1.29 is 13.7 Å². The number of halogens is 1. The summed E-state index contributed by atoms with van der Waals surface area (Å²) in [6.45, 7) is 4.92. The van der Waals surface area contributed by atoms with E-state index in [-0.39, 0.29) is 11.9 Å². The molecular weight excluding hydrogens is 325 g/mol. The minimum absolute atomic E-state index is 0.0953. The quantitative estimate of drug-likeness (QED) is 0.861. The van der Waals surface area contributed by atoms with Crippen LogP contribution in [0.1, 0.15) is 39.5 Å². The van der Waals surface area contributed by atoms with Crippen molar-refractivity contribution in [1.29, 1.82) is 5.26 Å². The Bertz CT molecular complexity index is 787. The summed E-state index contributed by atoms with van der Waals surface area (Å²) in [5.74, 6) is 0.455. The number of nitrogens with zero attached hydrogens (tertiary/aromatic N) is 3. The van der Waals surface area contributed by atoms with Crippen LogP contribution in [0.15, 0.2) is 16.8 Å². The molecule has 0 spiro atoms. The van der Waals surface area contributed by atoms with Gasteiger partial charge in [0.1, 0.15) is 23.7 Å². The lowest BCUT2D eigenvalue weighted by Crippen LogP contribution is -2.39. The van der Waals surface area contributed by atoms with E-state index in [9.17, 15) is 9.18 Å². The van der Waals surface area contributed by atoms with E-state index in [4.69, 9.17) is 9.78 Å². The molecular formula is C17H20FN5O2. The molecule has 1 aliphatic heterocycles. The Morgan fingerprint density at radius 3 is 3.04 bits per heavy atom. The first kappa shape index (κ1) is 17.2. The molecule has 7 nitrogen and oxygen atoms in total. The number of aromatic amines is 1. The SMILES string of the molecule is Cc1noc(C)c1CN1C[C@@H](F)C[C@H]1CNC(=O)c1c[nH]c(C#N)c1. The van der Waals surface area contributed by atoms with Gasteiger partial charge < -0.3 is 14.8 Å². The molecule has 2 aromatic heterocycles. The summed E-state index contributed by atoms with van der Waals surface area (Å²) in [4.78, 5) is 16.9. The van der Waals surface area contributed by atoms with E-state index in [1.165, 1.54) is 12.3 Å². The van der Waals surface area contributed by atoms with E-state index in [0.29, 0.717) is 37.3 Å². The number of carbonyl (C=O) groups is 1. The summed E-state index contributed by atoms with van der Waals surface area (Å²) < 4.78 is 19.1. The molecule has 0 aliphatic carbocycles. The number of nitrogens with one attached hydrogen (secondary N) is 2. The second-order valence-electron chi connectivity index (χ2n) is 6.34. The van der Waals surface area contributed by atoms with Gasteiger partial charge in [0.2, 0.25) is 0 Å². The molecule has 0 radical (unpaired) electrons. The van der Waals surface area contributed by atoms with Crippen LogP contribution in [-0.2, 0) is 6.54 Å². The standard InChI is InChI=1S/C17H20FN5O2/c1-10-16(11(2)25-22-10)9-23-8-13(18)4-15(23)7-21-17(24)12-3-14(5-19)20-6-12/h3,6,13,15,20H,4,7-9H2,1-2H3,(H,21,24)/t13-,15-/m0/s1. The Labute approximate surface area is 144 Å². The lowest BCUT2D eigenvalue weighted by atomic mass is 10.1. The van der Waals surface area contributed by atoms with Gasteiger partial charge in [0, 0.05) is 37.4 Å². The third kappa shape index (κ3) is 3.72. The summed E-state index contributed by atoms with van der Waals surface area (Å²) in [5, 5.41) is 15.5. The van der Waals surface area contributed by atoms with Crippen molar-refractivity contribution in [3.63, 3.8) is 0 Å². The fraction of sp³-hybridized carbons (Fsp3) is 0.471. The minimum atomic E-state index is -0.917. The molecule has 0 saturated carbocycles. The fourth-order valence-corrected chi connectivity index (χ4v) is 3.16. The zero-order chi connectivity index (χ0) is 18.0. The second-order valence-corrected chi connectivity index (χ2v) is 6.34. The van der Waals surface area contributed by atoms with Crippen LogP contribution < -0.4 is 5.32 Å². The third-order valence-electron chi connectivity index (χ3n) is 4.58. The van der Waals surface area contributed by atoms with Crippen LogP contribution in [0.3, 0.4) is 0 Å². The summed E-state index contributed by atoms with van der Waals surface area (Å²) in [7, 11) is 0. The maximum absolute atomic E-state index is 13.9. The Morgan fingerprint density at radius 2 is 2.40 bits per heavy atom. The molecule has 0 aromatic carbocycles. The van der Waals surface area contributed by atoms with E-state index in [1.54, 1.807) is 0 Å². The lowest BCUT2D eigenvalue weighted by molar-refractivity contribution is 0.0940. The van der Waals surface area contributed by atoms with Crippen molar-refractivity contribution in [2.24, 2.45) is 0 Å².